The van der Waals surface area contributed by atoms with Gasteiger partial charge in [-0.1, -0.05) is 23.7 Å². The fourth-order valence-corrected chi connectivity index (χ4v) is 1.92. The number of ketones is 1. The van der Waals surface area contributed by atoms with E-state index < -0.39 is 5.82 Å². The van der Waals surface area contributed by atoms with E-state index in [0.717, 1.165) is 0 Å². The van der Waals surface area contributed by atoms with Crippen molar-refractivity contribution in [1.29, 1.82) is 0 Å². The van der Waals surface area contributed by atoms with E-state index in [4.69, 9.17) is 11.6 Å². The van der Waals surface area contributed by atoms with E-state index in [-0.39, 0.29) is 10.8 Å². The molecule has 0 unspecified atom stereocenters. The Morgan fingerprint density at radius 1 is 1.35 bits per heavy atom. The maximum Gasteiger partial charge on any atom is 0.176 e. The fraction of sp³-hybridized carbons (Fsp3) is 0.154. The van der Waals surface area contributed by atoms with Crippen LogP contribution >= 0.6 is 11.6 Å². The second kappa shape index (κ2) is 4.72. The molecule has 1 aromatic carbocycles. The van der Waals surface area contributed by atoms with E-state index in [2.05, 4.69) is 0 Å². The van der Waals surface area contributed by atoms with E-state index >= 15 is 0 Å². The largest absolute Gasteiger partial charge is 0.341 e. The molecule has 0 aliphatic heterocycles. The van der Waals surface area contributed by atoms with Gasteiger partial charge in [0, 0.05) is 18.7 Å². The number of aromatic nitrogens is 1. The zero-order chi connectivity index (χ0) is 12.4. The fourth-order valence-electron chi connectivity index (χ4n) is 1.73. The summed E-state index contributed by atoms with van der Waals surface area (Å²) < 4.78 is 15.4. The van der Waals surface area contributed by atoms with E-state index in [1.165, 1.54) is 13.0 Å². The van der Waals surface area contributed by atoms with Gasteiger partial charge in [0.05, 0.1) is 17.3 Å². The van der Waals surface area contributed by atoms with Crippen molar-refractivity contribution >= 4 is 17.4 Å². The summed E-state index contributed by atoms with van der Waals surface area (Å²) in [4.78, 5) is 11.3. The van der Waals surface area contributed by atoms with Gasteiger partial charge < -0.3 is 4.57 Å². The van der Waals surface area contributed by atoms with Crippen LogP contribution in [-0.4, -0.2) is 10.4 Å². The Morgan fingerprint density at radius 3 is 2.82 bits per heavy atom. The summed E-state index contributed by atoms with van der Waals surface area (Å²) in [5.41, 5.74) is 1.03. The molecule has 0 saturated heterocycles. The number of benzene rings is 1. The molecule has 0 fully saturated rings. The summed E-state index contributed by atoms with van der Waals surface area (Å²) in [5, 5.41) is 0.0963. The normalized spacial score (nSPS) is 10.5. The number of Topliss-reactive ketones (excluding diaryl/α,β-unsaturated/α-hetero) is 1. The van der Waals surface area contributed by atoms with Gasteiger partial charge in [-0.25, -0.2) is 4.39 Å². The molecule has 0 aliphatic carbocycles. The van der Waals surface area contributed by atoms with Gasteiger partial charge in [0.2, 0.25) is 0 Å². The van der Waals surface area contributed by atoms with E-state index in [1.54, 1.807) is 35.0 Å². The smallest absolute Gasteiger partial charge is 0.176 e. The van der Waals surface area contributed by atoms with Crippen molar-refractivity contribution in [3.05, 3.63) is 58.6 Å². The zero-order valence-corrected chi connectivity index (χ0v) is 10.0. The molecular formula is C13H11ClFNO. The van der Waals surface area contributed by atoms with Crippen LogP contribution in [0.25, 0.3) is 0 Å². The first kappa shape index (κ1) is 11.9. The van der Waals surface area contributed by atoms with Gasteiger partial charge in [0.1, 0.15) is 5.82 Å². The minimum Gasteiger partial charge on any atom is -0.341 e. The molecule has 17 heavy (non-hydrogen) atoms. The first-order valence-electron chi connectivity index (χ1n) is 5.18. The van der Waals surface area contributed by atoms with Crippen LogP contribution in [0.3, 0.4) is 0 Å². The molecule has 0 radical (unpaired) electrons. The SMILES string of the molecule is CC(=O)c1cccn1Cc1cccc(Cl)c1F. The standard InChI is InChI=1S/C13H11ClFNO/c1-9(17)12-6-3-7-16(12)8-10-4-2-5-11(14)13(10)15/h2-7H,8H2,1H3. The van der Waals surface area contributed by atoms with Crippen LogP contribution in [0.2, 0.25) is 5.02 Å². The van der Waals surface area contributed by atoms with Gasteiger partial charge in [-0.3, -0.25) is 4.79 Å². The van der Waals surface area contributed by atoms with Crippen molar-refractivity contribution in [3.63, 3.8) is 0 Å². The molecule has 88 valence electrons. The second-order valence-electron chi connectivity index (χ2n) is 3.79. The van der Waals surface area contributed by atoms with Crippen molar-refractivity contribution in [2.45, 2.75) is 13.5 Å². The van der Waals surface area contributed by atoms with Gasteiger partial charge in [-0.05, 0) is 18.2 Å². The first-order chi connectivity index (χ1) is 8.09. The Bertz CT molecular complexity index is 562. The van der Waals surface area contributed by atoms with Crippen molar-refractivity contribution < 1.29 is 9.18 Å². The quantitative estimate of drug-likeness (QED) is 0.765. The van der Waals surface area contributed by atoms with Crippen molar-refractivity contribution in [2.24, 2.45) is 0 Å². The van der Waals surface area contributed by atoms with Crippen molar-refractivity contribution in [1.82, 2.24) is 4.57 Å². The summed E-state index contributed by atoms with van der Waals surface area (Å²) in [6.45, 7) is 1.79. The summed E-state index contributed by atoms with van der Waals surface area (Å²) >= 11 is 5.71. The number of nitrogens with zero attached hydrogens (tertiary/aromatic N) is 1. The Hall–Kier alpha value is -1.61. The molecule has 0 saturated carbocycles. The van der Waals surface area contributed by atoms with Crippen LogP contribution < -0.4 is 0 Å². The molecule has 0 bridgehead atoms. The molecular weight excluding hydrogens is 241 g/mol. The summed E-state index contributed by atoms with van der Waals surface area (Å²) in [5.74, 6) is -0.477. The predicted octanol–water partition coefficient (Wildman–Crippen LogP) is 3.53. The van der Waals surface area contributed by atoms with Gasteiger partial charge >= 0.3 is 0 Å². The summed E-state index contributed by atoms with van der Waals surface area (Å²) in [6.07, 6.45) is 1.75. The maximum absolute atomic E-state index is 13.7. The van der Waals surface area contributed by atoms with Crippen molar-refractivity contribution in [2.75, 3.05) is 0 Å². The molecule has 0 aliphatic rings. The van der Waals surface area contributed by atoms with Crippen LogP contribution in [0.1, 0.15) is 23.0 Å². The second-order valence-corrected chi connectivity index (χ2v) is 4.20. The maximum atomic E-state index is 13.7. The lowest BCUT2D eigenvalue weighted by Crippen LogP contribution is -2.08. The molecule has 2 rings (SSSR count). The summed E-state index contributed by atoms with van der Waals surface area (Å²) in [7, 11) is 0. The molecule has 2 nitrogen and oxygen atoms in total. The van der Waals surface area contributed by atoms with Crippen LogP contribution in [0, 0.1) is 5.82 Å². The van der Waals surface area contributed by atoms with E-state index in [9.17, 15) is 9.18 Å². The highest BCUT2D eigenvalue weighted by molar-refractivity contribution is 6.30. The highest BCUT2D eigenvalue weighted by Crippen LogP contribution is 2.19. The average molecular weight is 252 g/mol. The lowest BCUT2D eigenvalue weighted by atomic mass is 10.2. The van der Waals surface area contributed by atoms with Crippen LogP contribution in [-0.2, 0) is 6.54 Å². The Balaban J connectivity index is 2.35. The predicted molar refractivity (Wildman–Crippen MR) is 64.9 cm³/mol. The topological polar surface area (TPSA) is 22.0 Å². The van der Waals surface area contributed by atoms with Crippen LogP contribution in [0.5, 0.6) is 0 Å². The Labute approximate surface area is 104 Å². The lowest BCUT2D eigenvalue weighted by Gasteiger charge is -2.08. The van der Waals surface area contributed by atoms with Gasteiger partial charge in [0.15, 0.2) is 5.78 Å². The number of rotatable bonds is 3. The highest BCUT2D eigenvalue weighted by atomic mass is 35.5. The minimum atomic E-state index is -0.433. The van der Waals surface area contributed by atoms with Crippen LogP contribution in [0.15, 0.2) is 36.5 Å². The van der Waals surface area contributed by atoms with Gasteiger partial charge in [0.25, 0.3) is 0 Å². The molecule has 4 heteroatoms. The van der Waals surface area contributed by atoms with E-state index in [1.807, 2.05) is 0 Å². The number of carbonyl (C=O) groups excluding carboxylic acids is 1. The zero-order valence-electron chi connectivity index (χ0n) is 9.28. The monoisotopic (exact) mass is 251 g/mol. The average Bonchev–Trinajstić information content (AvgIpc) is 2.73. The highest BCUT2D eigenvalue weighted by Gasteiger charge is 2.10. The Morgan fingerprint density at radius 2 is 2.12 bits per heavy atom. The molecule has 0 atom stereocenters. The molecule has 0 N–H and O–H groups in total. The molecule has 1 heterocycles. The molecule has 0 amide bonds. The lowest BCUT2D eigenvalue weighted by molar-refractivity contribution is 0.100. The molecule has 0 spiro atoms. The number of carbonyl (C=O) groups is 1. The van der Waals surface area contributed by atoms with Crippen LogP contribution in [0.4, 0.5) is 4.39 Å². The van der Waals surface area contributed by atoms with Gasteiger partial charge in [-0.2, -0.15) is 0 Å². The molecule has 2 aromatic rings. The molecule has 1 aromatic heterocycles. The first-order valence-corrected chi connectivity index (χ1v) is 5.56. The third-order valence-corrected chi connectivity index (χ3v) is 2.85. The number of halogens is 2. The number of hydrogen-bond acceptors (Lipinski definition) is 1. The van der Waals surface area contributed by atoms with E-state index in [0.29, 0.717) is 17.8 Å². The number of hydrogen-bond donors (Lipinski definition) is 0. The minimum absolute atomic E-state index is 0.0440. The summed E-state index contributed by atoms with van der Waals surface area (Å²) in [6, 6.07) is 8.33. The third-order valence-electron chi connectivity index (χ3n) is 2.56. The Kier molecular flexibility index (Phi) is 3.29. The third kappa shape index (κ3) is 2.39. The van der Waals surface area contributed by atoms with Crippen molar-refractivity contribution in [3.8, 4) is 0 Å². The van der Waals surface area contributed by atoms with Gasteiger partial charge in [-0.15, -0.1) is 0 Å².